The summed E-state index contributed by atoms with van der Waals surface area (Å²) in [5.41, 5.74) is 0. The second-order valence-electron chi connectivity index (χ2n) is 0.509. The molecule has 0 aliphatic rings. The molecule has 0 aromatic carbocycles. The first-order valence-electron chi connectivity index (χ1n) is 1.21. The summed E-state index contributed by atoms with van der Waals surface area (Å²) in [6, 6.07) is 0. The molecule has 0 fully saturated rings. The first-order chi connectivity index (χ1) is 2.91. The minimum Gasteiger partial charge on any atom is -0.270 e. The molecule has 0 saturated heterocycles. The van der Waals surface area contributed by atoms with E-state index in [1.165, 1.54) is 11.6 Å². The van der Waals surface area contributed by atoms with Crippen LogP contribution >= 0.6 is 16.9 Å². The molecule has 0 aromatic rings. The summed E-state index contributed by atoms with van der Waals surface area (Å²) in [5.74, 6) is 2.54. The molecular weight excluding hydrogens is 118 g/mol. The topological polar surface area (TPSA) is 34.1 Å². The second kappa shape index (κ2) is 4.94. The molecular formula is C2H2O2P2. The molecule has 0 aliphatic carbocycles. The SMILES string of the molecule is O=PC=CP=O. The highest BCUT2D eigenvalue weighted by atomic mass is 31.1. The van der Waals surface area contributed by atoms with E-state index in [1.807, 2.05) is 0 Å². The van der Waals surface area contributed by atoms with Crippen LogP contribution in [0.1, 0.15) is 0 Å². The number of hydrogen-bond acceptors (Lipinski definition) is 2. The maximum absolute atomic E-state index is 9.43. The van der Waals surface area contributed by atoms with Gasteiger partial charge in [-0.2, -0.15) is 0 Å². The third kappa shape index (κ3) is 3.94. The smallest absolute Gasteiger partial charge is 0.184 e. The standard InChI is InChI=1S/C2H2O2P2/c3-5-1-2-6-4/h1-2H. The third-order valence-electron chi connectivity index (χ3n) is 0.188. The van der Waals surface area contributed by atoms with Crippen LogP contribution in [0.25, 0.3) is 0 Å². The molecule has 0 amide bonds. The Kier molecular flexibility index (Phi) is 4.89. The highest BCUT2D eigenvalue weighted by molar-refractivity contribution is 7.32. The Morgan fingerprint density at radius 3 is 1.50 bits per heavy atom. The van der Waals surface area contributed by atoms with E-state index < -0.39 is 0 Å². The molecule has 0 unspecified atom stereocenters. The van der Waals surface area contributed by atoms with E-state index >= 15 is 0 Å². The van der Waals surface area contributed by atoms with Crippen LogP contribution in [-0.4, -0.2) is 0 Å². The van der Waals surface area contributed by atoms with Crippen LogP contribution in [-0.2, 0) is 9.13 Å². The van der Waals surface area contributed by atoms with Gasteiger partial charge in [0.2, 0.25) is 0 Å². The summed E-state index contributed by atoms with van der Waals surface area (Å²) in [7, 11) is -0.184. The van der Waals surface area contributed by atoms with Crippen molar-refractivity contribution in [1.82, 2.24) is 0 Å². The van der Waals surface area contributed by atoms with Crippen molar-refractivity contribution in [3.63, 3.8) is 0 Å². The Bertz CT molecular complexity index is 67.6. The molecule has 6 heavy (non-hydrogen) atoms. The van der Waals surface area contributed by atoms with E-state index in [0.29, 0.717) is 0 Å². The van der Waals surface area contributed by atoms with Gasteiger partial charge in [-0.25, -0.2) is 0 Å². The minimum atomic E-state index is -0.0921. The predicted molar refractivity (Wildman–Crippen MR) is 24.4 cm³/mol. The fourth-order valence-electron chi connectivity index (χ4n) is 0.0544. The fraction of sp³-hybridized carbons (Fsp3) is 0. The van der Waals surface area contributed by atoms with Gasteiger partial charge in [0.1, 0.15) is 0 Å². The monoisotopic (exact) mass is 120 g/mol. The Labute approximate surface area is 38.7 Å². The van der Waals surface area contributed by atoms with Gasteiger partial charge in [-0.3, -0.25) is 9.13 Å². The third-order valence-corrected chi connectivity index (χ3v) is 0.965. The first-order valence-corrected chi connectivity index (χ1v) is 2.98. The molecule has 0 radical (unpaired) electrons. The normalized spacial score (nSPS) is 11.3. The van der Waals surface area contributed by atoms with Crippen molar-refractivity contribution in [3.05, 3.63) is 11.6 Å². The lowest BCUT2D eigenvalue weighted by molar-refractivity contribution is 0.601. The zero-order valence-electron chi connectivity index (χ0n) is 2.87. The van der Waals surface area contributed by atoms with Crippen LogP contribution in [0.4, 0.5) is 0 Å². The van der Waals surface area contributed by atoms with Gasteiger partial charge in [-0.05, 0) is 0 Å². The van der Waals surface area contributed by atoms with E-state index in [4.69, 9.17) is 0 Å². The summed E-state index contributed by atoms with van der Waals surface area (Å²) in [6.45, 7) is 0. The molecule has 0 bridgehead atoms. The highest BCUT2D eigenvalue weighted by Gasteiger charge is 1.60. The Hall–Kier alpha value is -0.0600. The van der Waals surface area contributed by atoms with E-state index in [-0.39, 0.29) is 16.9 Å². The van der Waals surface area contributed by atoms with Crippen molar-refractivity contribution in [2.45, 2.75) is 0 Å². The largest absolute Gasteiger partial charge is 0.270 e. The van der Waals surface area contributed by atoms with E-state index in [0.717, 1.165) is 0 Å². The molecule has 0 atom stereocenters. The van der Waals surface area contributed by atoms with Crippen molar-refractivity contribution in [3.8, 4) is 0 Å². The molecule has 0 heterocycles. The van der Waals surface area contributed by atoms with Crippen molar-refractivity contribution in [2.75, 3.05) is 0 Å². The number of hydrogen-bond donors (Lipinski definition) is 0. The molecule has 4 heteroatoms. The summed E-state index contributed by atoms with van der Waals surface area (Å²) in [6.07, 6.45) is 0. The lowest BCUT2D eigenvalue weighted by Crippen LogP contribution is -1.18. The summed E-state index contributed by atoms with van der Waals surface area (Å²) >= 11 is 0. The quantitative estimate of drug-likeness (QED) is 0.522. The Balaban J connectivity index is 3.17. The van der Waals surface area contributed by atoms with Gasteiger partial charge in [0, 0.05) is 11.6 Å². The van der Waals surface area contributed by atoms with Crippen LogP contribution in [0, 0.1) is 0 Å². The number of rotatable bonds is 2. The first kappa shape index (κ1) is 5.94. The molecule has 0 aromatic heterocycles. The van der Waals surface area contributed by atoms with E-state index in [1.54, 1.807) is 0 Å². The van der Waals surface area contributed by atoms with Crippen molar-refractivity contribution >= 4 is 16.9 Å². The Morgan fingerprint density at radius 1 is 1.00 bits per heavy atom. The predicted octanol–water partition coefficient (Wildman–Crippen LogP) is 2.04. The summed E-state index contributed by atoms with van der Waals surface area (Å²) in [4.78, 5) is 0. The van der Waals surface area contributed by atoms with Gasteiger partial charge in [0.05, 0.1) is 0 Å². The molecule has 32 valence electrons. The maximum atomic E-state index is 9.43. The Morgan fingerprint density at radius 2 is 1.33 bits per heavy atom. The van der Waals surface area contributed by atoms with Gasteiger partial charge in [-0.15, -0.1) is 0 Å². The van der Waals surface area contributed by atoms with Gasteiger partial charge in [-0.1, -0.05) is 0 Å². The second-order valence-corrected chi connectivity index (χ2v) is 1.53. The van der Waals surface area contributed by atoms with Crippen LogP contribution in [0.5, 0.6) is 0 Å². The zero-order valence-corrected chi connectivity index (χ0v) is 4.65. The van der Waals surface area contributed by atoms with Crippen LogP contribution < -0.4 is 0 Å². The summed E-state index contributed by atoms with van der Waals surface area (Å²) < 4.78 is 18.9. The lowest BCUT2D eigenvalue weighted by Gasteiger charge is -1.49. The molecule has 0 rings (SSSR count). The van der Waals surface area contributed by atoms with Gasteiger partial charge in [0.15, 0.2) is 16.9 Å². The molecule has 0 spiro atoms. The average Bonchev–Trinajstić information content (AvgIpc) is 1.61. The fourth-order valence-corrected chi connectivity index (χ4v) is 0.490. The van der Waals surface area contributed by atoms with Crippen LogP contribution in [0.3, 0.4) is 0 Å². The van der Waals surface area contributed by atoms with Gasteiger partial charge >= 0.3 is 0 Å². The van der Waals surface area contributed by atoms with Crippen LogP contribution in [0.15, 0.2) is 11.6 Å². The van der Waals surface area contributed by atoms with E-state index in [2.05, 4.69) is 0 Å². The van der Waals surface area contributed by atoms with E-state index in [9.17, 15) is 9.13 Å². The van der Waals surface area contributed by atoms with Crippen molar-refractivity contribution in [1.29, 1.82) is 0 Å². The molecule has 0 saturated carbocycles. The van der Waals surface area contributed by atoms with Crippen molar-refractivity contribution in [2.24, 2.45) is 0 Å². The lowest BCUT2D eigenvalue weighted by atomic mass is 11.3. The minimum absolute atomic E-state index is 0.0921. The zero-order chi connectivity index (χ0) is 4.83. The molecule has 2 nitrogen and oxygen atoms in total. The van der Waals surface area contributed by atoms with Gasteiger partial charge < -0.3 is 0 Å². The average molecular weight is 120 g/mol. The molecule has 0 aliphatic heterocycles. The van der Waals surface area contributed by atoms with Crippen molar-refractivity contribution < 1.29 is 9.13 Å². The highest BCUT2D eigenvalue weighted by Crippen LogP contribution is 1.99. The summed E-state index contributed by atoms with van der Waals surface area (Å²) in [5, 5.41) is 0. The van der Waals surface area contributed by atoms with Gasteiger partial charge in [0.25, 0.3) is 0 Å². The maximum Gasteiger partial charge on any atom is 0.184 e. The molecule has 0 N–H and O–H groups in total. The van der Waals surface area contributed by atoms with Crippen LogP contribution in [0.2, 0.25) is 0 Å².